The molecule has 15 heteroatoms. The number of aromatic nitrogens is 10. The Labute approximate surface area is 832 Å². The first-order valence-electron chi connectivity index (χ1n) is 58.5. The minimum atomic E-state index is -2.71. The van der Waals surface area contributed by atoms with Gasteiger partial charge in [0.1, 0.15) is 35.2 Å². The van der Waals surface area contributed by atoms with Crippen LogP contribution in [0.4, 0.5) is 0 Å². The van der Waals surface area contributed by atoms with Crippen molar-refractivity contribution in [1.82, 2.24) is 24.9 Å². The van der Waals surface area contributed by atoms with E-state index >= 15 is 0 Å². The second-order valence-corrected chi connectivity index (χ2v) is 37.2. The summed E-state index contributed by atoms with van der Waals surface area (Å²) in [6, 6.07) is 59.1. The maximum absolute atomic E-state index is 9.00. The second kappa shape index (κ2) is 38.8. The molecule has 15 heterocycles. The average molecular weight is 1830 g/mol. The van der Waals surface area contributed by atoms with Gasteiger partial charge in [0.15, 0.2) is 58.9 Å². The Kier molecular flexibility index (Phi) is 19.5. The van der Waals surface area contributed by atoms with Crippen LogP contribution < -0.4 is 22.8 Å². The van der Waals surface area contributed by atoms with Gasteiger partial charge in [0.2, 0.25) is 57.0 Å². The van der Waals surface area contributed by atoms with Crippen LogP contribution >= 0.6 is 0 Å². The molecule has 15 nitrogen and oxygen atoms in total. The van der Waals surface area contributed by atoms with Crippen molar-refractivity contribution >= 4 is 110 Å². The van der Waals surface area contributed by atoms with Gasteiger partial charge in [-0.2, -0.15) is 0 Å². The fourth-order valence-electron chi connectivity index (χ4n) is 18.9. The van der Waals surface area contributed by atoms with E-state index < -0.39 is 70.6 Å². The molecule has 2 aliphatic carbocycles. The Morgan fingerprint density at radius 2 is 0.647 bits per heavy atom. The highest BCUT2D eigenvalue weighted by Gasteiger charge is 2.31. The van der Waals surface area contributed by atoms with Gasteiger partial charge in [-0.25, -0.2) is 47.8 Å². The maximum atomic E-state index is 9.00. The van der Waals surface area contributed by atoms with Gasteiger partial charge in [-0.05, 0) is 235 Å². The van der Waals surface area contributed by atoms with Crippen LogP contribution in [-0.4, -0.2) is 24.9 Å². The number of furan rings is 5. The van der Waals surface area contributed by atoms with Crippen molar-refractivity contribution in [2.24, 2.45) is 40.7 Å². The van der Waals surface area contributed by atoms with Gasteiger partial charge in [0.05, 0.1) is 27.8 Å². The Bertz CT molecular complexity index is 9030. The molecule has 0 N–H and O–H groups in total. The highest BCUT2D eigenvalue weighted by atomic mass is 16.4. The standard InChI is InChI=1S/C26H29N2O.C25H27N2O.C25H29N2O.C23H25N2O.C22H23N2O/c1-4-18-11-15-23(28(3)16-18)24-17(2)10-12-20-21-13-14-22(19-8-6-5-7-9-19)27-26(21)29-25(20)24;1-4-17-10-14-22(27(3)15-17)23-16(2)9-11-19-20-12-13-21(18-7-5-6-8-18)26-25(20)28-24(19)23;1-7-17-9-13-21(27(6)15-17)22-16(2)8-11-19-20-12-10-18(14-25(3,4)5)26-24(20)28-23(19)22;1-6-17-9-11-19-18-10-7-15(4)21(22(18)26-23(19)24-17)20-12-8-16(14(2)3)13-25(20)5;1-13(2)16-8-11-19(24(5)12-16)20-14(3)6-9-17-18-10-7-15(4)23-22(18)25-21(17)20/h10-16,19H,4-9H2,1-3H3;9-15,18H,4-8H2,1-3H3;8-13,15H,7,14H2,1-6H3;7-14H,6H2,1-5H3;6-13H,1-5H3/q5*+1/i1D3,8D2,9D2,19D;1D3,7D2,18D;1D3,3D3,4D3;;. The normalized spacial score (nSPS) is 18.6. The molecule has 2 aliphatic rings. The van der Waals surface area contributed by atoms with Crippen LogP contribution in [0.25, 0.3) is 167 Å². The summed E-state index contributed by atoms with van der Waals surface area (Å²) in [5, 5.41) is 9.17. The van der Waals surface area contributed by atoms with Crippen molar-refractivity contribution in [2.45, 2.75) is 231 Å². The summed E-state index contributed by atoms with van der Waals surface area (Å²) in [5.41, 5.74) is 26.6. The number of hydrogen-bond acceptors (Lipinski definition) is 10. The van der Waals surface area contributed by atoms with Crippen LogP contribution in [0.3, 0.4) is 0 Å². The van der Waals surface area contributed by atoms with Gasteiger partial charge in [-0.3, -0.25) is 0 Å². The Morgan fingerprint density at radius 3 is 0.985 bits per heavy atom. The predicted octanol–water partition coefficient (Wildman–Crippen LogP) is 29.0. The molecule has 0 aliphatic heterocycles. The van der Waals surface area contributed by atoms with E-state index in [4.69, 9.17) is 53.6 Å². The first-order valence-corrected chi connectivity index (χ1v) is 47.0. The van der Waals surface area contributed by atoms with Crippen molar-refractivity contribution in [3.63, 3.8) is 0 Å². The van der Waals surface area contributed by atoms with Crippen molar-refractivity contribution in [2.75, 3.05) is 0 Å². The van der Waals surface area contributed by atoms with Gasteiger partial charge in [0.25, 0.3) is 0 Å². The summed E-state index contributed by atoms with van der Waals surface area (Å²) in [5.74, 6) is -2.54. The molecule has 0 spiro atoms. The van der Waals surface area contributed by atoms with Crippen molar-refractivity contribution in [3.05, 3.63) is 297 Å². The molecule has 20 aromatic rings. The number of rotatable bonds is 14. The number of nitrogens with zero attached hydrogens (tertiary/aromatic N) is 10. The zero-order valence-corrected chi connectivity index (χ0v) is 80.7. The molecule has 1 unspecified atom stereocenters. The van der Waals surface area contributed by atoms with Crippen LogP contribution in [0.2, 0.25) is 0 Å². The fraction of sp³-hybridized carbons (Fsp3) is 0.339. The molecule has 0 amide bonds. The van der Waals surface area contributed by atoms with Crippen molar-refractivity contribution < 1.29 is 76.4 Å². The predicted molar refractivity (Wildman–Crippen MR) is 555 cm³/mol. The average Bonchev–Trinajstić information content (AvgIpc) is 1.46. The first kappa shape index (κ1) is 68.6. The Hall–Kier alpha value is -13.4. The third-order valence-corrected chi connectivity index (χ3v) is 26.3. The van der Waals surface area contributed by atoms with E-state index in [0.29, 0.717) is 99.3 Å². The van der Waals surface area contributed by atoms with E-state index in [0.717, 1.165) is 162 Å². The zero-order valence-electron chi connectivity index (χ0n) is 104. The molecule has 5 aromatic carbocycles. The monoisotopic (exact) mass is 1830 g/mol. The molecule has 0 radical (unpaired) electrons. The van der Waals surface area contributed by atoms with Crippen molar-refractivity contribution in [1.29, 1.82) is 0 Å². The van der Waals surface area contributed by atoms with Gasteiger partial charge in [-0.15, -0.1) is 0 Å². The maximum Gasteiger partial charge on any atom is 0.227 e. The topological polar surface area (TPSA) is 150 Å². The van der Waals surface area contributed by atoms with E-state index in [-0.39, 0.29) is 49.9 Å². The second-order valence-electron chi connectivity index (χ2n) is 37.2. The molecular weight excluding hydrogens is 1670 g/mol. The van der Waals surface area contributed by atoms with Gasteiger partial charge in [0, 0.05) is 184 Å². The lowest BCUT2D eigenvalue weighted by Gasteiger charge is -2.20. The summed E-state index contributed by atoms with van der Waals surface area (Å²) in [4.78, 5) is 23.0. The molecule has 1 atom stereocenters. The van der Waals surface area contributed by atoms with E-state index in [9.17, 15) is 0 Å². The minimum absolute atomic E-state index is 0.00397. The SMILES string of the molecule is CCc1ccc2c(n1)oc1c(-c3ccc(C(C)C)c[n+]3C)c(C)ccc12.Cc1ccc2c(n1)oc1c(-c3ccc(C(C)C)c[n+]3C)c(C)ccc12.[2H]C([2H])([2H])Cc1ccc(-c2c(C)ccc3c2oc2nc(C4([2H])C([2H])([2H])CCCC4([2H])[2H])ccc23)[n+](C)c1.[2H]C([2H])([2H])Cc1ccc(-c2c(C)ccc3c2oc2nc(C4([2H])CCCC4([2H])[2H])ccc23)[n+](C)c1.[2H]C([2H])([2H])Cc1ccc(-c2c(C)ccc3c2oc2nc(CC(C)(C([2H])([2H])[2H])C([2H])([2H])[2H])ccc23)[n+](C)c1. The molecule has 0 saturated heterocycles. The fourth-order valence-corrected chi connectivity index (χ4v) is 18.9. The third-order valence-electron chi connectivity index (χ3n) is 26.3. The quantitative estimate of drug-likeness (QED) is 0.0963. The third kappa shape index (κ3) is 18.5. The molecule has 0 bridgehead atoms. The van der Waals surface area contributed by atoms with Gasteiger partial charge < -0.3 is 22.1 Å². The summed E-state index contributed by atoms with van der Waals surface area (Å²) < 4.78 is 225. The van der Waals surface area contributed by atoms with E-state index in [1.165, 1.54) is 29.2 Å². The van der Waals surface area contributed by atoms with Gasteiger partial charge in [-0.1, -0.05) is 169 Å². The lowest BCUT2D eigenvalue weighted by molar-refractivity contribution is -0.661. The molecule has 15 aromatic heterocycles. The van der Waals surface area contributed by atoms with E-state index in [1.54, 1.807) is 54.9 Å². The van der Waals surface area contributed by atoms with Crippen molar-refractivity contribution in [3.8, 4) is 56.3 Å². The molecule has 2 saturated carbocycles. The largest absolute Gasteiger partial charge is 0.437 e. The summed E-state index contributed by atoms with van der Waals surface area (Å²) in [6.45, 7) is 12.8. The Balaban J connectivity index is 0.000000129. The summed E-state index contributed by atoms with van der Waals surface area (Å²) in [6.07, 6.45) is 6.63. The first-order chi connectivity index (χ1) is 74.4. The molecule has 136 heavy (non-hydrogen) atoms. The number of benzene rings is 5. The lowest BCUT2D eigenvalue weighted by Crippen LogP contribution is -2.31. The summed E-state index contributed by atoms with van der Waals surface area (Å²) in [7, 11) is 9.80. The van der Waals surface area contributed by atoms with Crippen LogP contribution in [0.1, 0.15) is 273 Å². The zero-order chi connectivity index (χ0) is 115. The smallest absolute Gasteiger partial charge is 0.227 e. The number of fused-ring (bicyclic) bond motifs is 15. The van der Waals surface area contributed by atoms with Crippen LogP contribution in [0.15, 0.2) is 235 Å². The number of pyridine rings is 10. The van der Waals surface area contributed by atoms with Crippen LogP contribution in [0, 0.1) is 47.0 Å². The molecule has 2 fully saturated rings. The van der Waals surface area contributed by atoms with E-state index in [2.05, 4.69) is 176 Å². The van der Waals surface area contributed by atoms with Gasteiger partial charge >= 0.3 is 0 Å². The lowest BCUT2D eigenvalue weighted by atomic mass is 9.86. The summed E-state index contributed by atoms with van der Waals surface area (Å²) >= 11 is 0. The van der Waals surface area contributed by atoms with E-state index in [1.807, 2.05) is 142 Å². The van der Waals surface area contributed by atoms with Crippen LogP contribution in [-0.2, 0) is 67.3 Å². The highest BCUT2D eigenvalue weighted by Crippen LogP contribution is 2.45. The number of aryl methyl sites for hydroxylation is 15. The minimum Gasteiger partial charge on any atom is -0.437 e. The van der Waals surface area contributed by atoms with Crippen LogP contribution in [0.5, 0.6) is 0 Å². The molecular formula is C121H133N10O5+5. The molecule has 22 rings (SSSR count). The highest BCUT2D eigenvalue weighted by molar-refractivity contribution is 6.13. The Morgan fingerprint density at radius 1 is 0.338 bits per heavy atom. The number of hydrogen-bond donors (Lipinski definition) is 0. The molecule has 692 valence electrons.